The number of rotatable bonds is 5. The van der Waals surface area contributed by atoms with Crippen molar-refractivity contribution in [3.05, 3.63) is 0 Å². The molecule has 1 aliphatic heterocycles. The van der Waals surface area contributed by atoms with Crippen LogP contribution in [0.5, 0.6) is 0 Å². The summed E-state index contributed by atoms with van der Waals surface area (Å²) in [6.07, 6.45) is 2.94. The maximum Gasteiger partial charge on any atom is 0.224 e. The standard InChI is InChI=1S/C12H24N2O2/c1-4-13-10(2)8-12(15)14-7-5-6-11(9-14)16-3/h10-11,13H,4-9H2,1-3H3. The third-order valence-electron chi connectivity index (χ3n) is 3.10. The molecule has 1 saturated heterocycles. The molecule has 0 aliphatic carbocycles. The lowest BCUT2D eigenvalue weighted by atomic mass is 10.1. The third kappa shape index (κ3) is 4.10. The van der Waals surface area contributed by atoms with E-state index in [9.17, 15) is 4.79 Å². The summed E-state index contributed by atoms with van der Waals surface area (Å²) in [5.41, 5.74) is 0. The van der Waals surface area contributed by atoms with Gasteiger partial charge in [0.1, 0.15) is 0 Å². The molecule has 0 aromatic heterocycles. The Morgan fingerprint density at radius 1 is 1.62 bits per heavy atom. The summed E-state index contributed by atoms with van der Waals surface area (Å²) >= 11 is 0. The van der Waals surface area contributed by atoms with Gasteiger partial charge in [0.2, 0.25) is 5.91 Å². The predicted molar refractivity (Wildman–Crippen MR) is 64.4 cm³/mol. The molecule has 4 nitrogen and oxygen atoms in total. The van der Waals surface area contributed by atoms with E-state index in [-0.39, 0.29) is 18.1 Å². The number of hydrogen-bond donors (Lipinski definition) is 1. The van der Waals surface area contributed by atoms with Gasteiger partial charge in [-0.15, -0.1) is 0 Å². The number of methoxy groups -OCH3 is 1. The molecule has 0 spiro atoms. The van der Waals surface area contributed by atoms with Gasteiger partial charge < -0.3 is 15.0 Å². The molecule has 0 aromatic carbocycles. The summed E-state index contributed by atoms with van der Waals surface area (Å²) in [7, 11) is 1.72. The van der Waals surface area contributed by atoms with Crippen LogP contribution in [-0.2, 0) is 9.53 Å². The van der Waals surface area contributed by atoms with E-state index in [1.165, 1.54) is 0 Å². The van der Waals surface area contributed by atoms with Crippen molar-refractivity contribution in [3.63, 3.8) is 0 Å². The summed E-state index contributed by atoms with van der Waals surface area (Å²) in [6, 6.07) is 0.264. The smallest absolute Gasteiger partial charge is 0.224 e. The molecule has 1 aliphatic rings. The second-order valence-electron chi connectivity index (χ2n) is 4.50. The molecule has 0 aromatic rings. The van der Waals surface area contributed by atoms with Crippen LogP contribution in [0, 0.1) is 0 Å². The number of nitrogens with one attached hydrogen (secondary N) is 1. The van der Waals surface area contributed by atoms with Gasteiger partial charge in [-0.1, -0.05) is 6.92 Å². The van der Waals surface area contributed by atoms with Gasteiger partial charge in [0.25, 0.3) is 0 Å². The first kappa shape index (κ1) is 13.5. The van der Waals surface area contributed by atoms with Gasteiger partial charge in [-0.25, -0.2) is 0 Å². The van der Waals surface area contributed by atoms with E-state index in [1.807, 2.05) is 4.90 Å². The highest BCUT2D eigenvalue weighted by atomic mass is 16.5. The van der Waals surface area contributed by atoms with Crippen LogP contribution in [0.25, 0.3) is 0 Å². The van der Waals surface area contributed by atoms with Crippen molar-refractivity contribution in [2.45, 2.75) is 45.3 Å². The van der Waals surface area contributed by atoms with Crippen molar-refractivity contribution >= 4 is 5.91 Å². The van der Waals surface area contributed by atoms with Gasteiger partial charge in [-0.2, -0.15) is 0 Å². The lowest BCUT2D eigenvalue weighted by Crippen LogP contribution is -2.44. The lowest BCUT2D eigenvalue weighted by Gasteiger charge is -2.32. The minimum absolute atomic E-state index is 0.229. The van der Waals surface area contributed by atoms with E-state index in [2.05, 4.69) is 19.2 Å². The van der Waals surface area contributed by atoms with Crippen molar-refractivity contribution in [3.8, 4) is 0 Å². The zero-order chi connectivity index (χ0) is 12.0. The Kier molecular flexibility index (Phi) is 5.77. The number of piperidine rings is 1. The van der Waals surface area contributed by atoms with Gasteiger partial charge in [-0.05, 0) is 26.3 Å². The molecule has 0 bridgehead atoms. The highest BCUT2D eigenvalue weighted by Crippen LogP contribution is 2.13. The zero-order valence-electron chi connectivity index (χ0n) is 10.7. The zero-order valence-corrected chi connectivity index (χ0v) is 10.7. The molecule has 1 heterocycles. The van der Waals surface area contributed by atoms with E-state index < -0.39 is 0 Å². The maximum absolute atomic E-state index is 12.0. The Hall–Kier alpha value is -0.610. The first-order valence-electron chi connectivity index (χ1n) is 6.21. The topological polar surface area (TPSA) is 41.6 Å². The summed E-state index contributed by atoms with van der Waals surface area (Å²) in [4.78, 5) is 13.9. The summed E-state index contributed by atoms with van der Waals surface area (Å²) in [5, 5.41) is 3.26. The van der Waals surface area contributed by atoms with Crippen LogP contribution in [0.15, 0.2) is 0 Å². The molecule has 2 unspecified atom stereocenters. The van der Waals surface area contributed by atoms with Gasteiger partial charge in [0.05, 0.1) is 6.10 Å². The Morgan fingerprint density at radius 3 is 3.00 bits per heavy atom. The third-order valence-corrected chi connectivity index (χ3v) is 3.10. The van der Waals surface area contributed by atoms with Crippen molar-refractivity contribution in [1.29, 1.82) is 0 Å². The van der Waals surface area contributed by atoms with Crippen molar-refractivity contribution in [1.82, 2.24) is 10.2 Å². The molecule has 1 amide bonds. The van der Waals surface area contributed by atoms with E-state index in [0.29, 0.717) is 6.42 Å². The average molecular weight is 228 g/mol. The second-order valence-corrected chi connectivity index (χ2v) is 4.50. The van der Waals surface area contributed by atoms with Crippen molar-refractivity contribution in [2.75, 3.05) is 26.7 Å². The van der Waals surface area contributed by atoms with Gasteiger partial charge in [-0.3, -0.25) is 4.79 Å². The van der Waals surface area contributed by atoms with Gasteiger partial charge in [0, 0.05) is 32.7 Å². The van der Waals surface area contributed by atoms with Crippen LogP contribution in [0.1, 0.15) is 33.1 Å². The number of nitrogens with zero attached hydrogens (tertiary/aromatic N) is 1. The van der Waals surface area contributed by atoms with E-state index in [1.54, 1.807) is 7.11 Å². The average Bonchev–Trinajstić information content (AvgIpc) is 2.29. The highest BCUT2D eigenvalue weighted by molar-refractivity contribution is 5.76. The molecule has 1 fully saturated rings. The lowest BCUT2D eigenvalue weighted by molar-refractivity contribution is -0.135. The molecule has 0 saturated carbocycles. The SMILES string of the molecule is CCNC(C)CC(=O)N1CCCC(OC)C1. The second kappa shape index (κ2) is 6.86. The van der Waals surface area contributed by atoms with Crippen LogP contribution >= 0.6 is 0 Å². The quantitative estimate of drug-likeness (QED) is 0.763. The van der Waals surface area contributed by atoms with Crippen LogP contribution in [0.3, 0.4) is 0 Å². The minimum Gasteiger partial charge on any atom is -0.380 e. The van der Waals surface area contributed by atoms with Crippen molar-refractivity contribution in [2.24, 2.45) is 0 Å². The van der Waals surface area contributed by atoms with Crippen LogP contribution in [-0.4, -0.2) is 49.7 Å². The van der Waals surface area contributed by atoms with E-state index in [0.717, 1.165) is 32.5 Å². The number of hydrogen-bond acceptors (Lipinski definition) is 3. The molecule has 16 heavy (non-hydrogen) atoms. The molecular formula is C12H24N2O2. The summed E-state index contributed by atoms with van der Waals surface area (Å²) in [5.74, 6) is 0.246. The Labute approximate surface area is 98.3 Å². The highest BCUT2D eigenvalue weighted by Gasteiger charge is 2.23. The number of likely N-dealkylation sites (tertiary alicyclic amines) is 1. The van der Waals surface area contributed by atoms with E-state index >= 15 is 0 Å². The fraction of sp³-hybridized carbons (Fsp3) is 0.917. The normalized spacial score (nSPS) is 23.2. The number of carbonyl (C=O) groups is 1. The predicted octanol–water partition coefficient (Wildman–Crippen LogP) is 1.01. The minimum atomic E-state index is 0.229. The molecule has 1 N–H and O–H groups in total. The largest absolute Gasteiger partial charge is 0.380 e. The fourth-order valence-electron chi connectivity index (χ4n) is 2.17. The number of amides is 1. The number of ether oxygens (including phenoxy) is 1. The Morgan fingerprint density at radius 2 is 2.38 bits per heavy atom. The molecule has 94 valence electrons. The number of carbonyl (C=O) groups excluding carboxylic acids is 1. The van der Waals surface area contributed by atoms with E-state index in [4.69, 9.17) is 4.74 Å². The van der Waals surface area contributed by atoms with Crippen LogP contribution < -0.4 is 5.32 Å². The summed E-state index contributed by atoms with van der Waals surface area (Å²) in [6.45, 7) is 6.67. The monoisotopic (exact) mass is 228 g/mol. The first-order chi connectivity index (χ1) is 7.67. The van der Waals surface area contributed by atoms with Gasteiger partial charge >= 0.3 is 0 Å². The Balaban J connectivity index is 2.35. The molecule has 1 rings (SSSR count). The Bertz CT molecular complexity index is 221. The molecule has 2 atom stereocenters. The summed E-state index contributed by atoms with van der Waals surface area (Å²) < 4.78 is 5.31. The molecule has 0 radical (unpaired) electrons. The fourth-order valence-corrected chi connectivity index (χ4v) is 2.17. The van der Waals surface area contributed by atoms with Crippen LogP contribution in [0.2, 0.25) is 0 Å². The molecular weight excluding hydrogens is 204 g/mol. The maximum atomic E-state index is 12.0. The van der Waals surface area contributed by atoms with Crippen molar-refractivity contribution < 1.29 is 9.53 Å². The van der Waals surface area contributed by atoms with Crippen LogP contribution in [0.4, 0.5) is 0 Å². The first-order valence-corrected chi connectivity index (χ1v) is 6.21. The molecule has 4 heteroatoms. The van der Waals surface area contributed by atoms with Gasteiger partial charge in [0.15, 0.2) is 0 Å².